The smallest absolute Gasteiger partial charge is 0.0724 e. The summed E-state index contributed by atoms with van der Waals surface area (Å²) in [6.45, 7) is 2.10. The lowest BCUT2D eigenvalue weighted by Crippen LogP contribution is -2.38. The summed E-state index contributed by atoms with van der Waals surface area (Å²) in [7, 11) is 0. The molecule has 3 unspecified atom stereocenters. The summed E-state index contributed by atoms with van der Waals surface area (Å²) in [5.74, 6) is 0.329. The van der Waals surface area contributed by atoms with Crippen LogP contribution in [0.25, 0.3) is 0 Å². The van der Waals surface area contributed by atoms with Crippen molar-refractivity contribution in [3.8, 4) is 0 Å². The first-order valence-electron chi connectivity index (χ1n) is 4.71. The van der Waals surface area contributed by atoms with E-state index in [0.29, 0.717) is 5.92 Å². The zero-order valence-corrected chi connectivity index (χ0v) is 9.98. The van der Waals surface area contributed by atoms with Gasteiger partial charge in [0.15, 0.2) is 0 Å². The Morgan fingerprint density at radius 2 is 1.93 bits per heavy atom. The van der Waals surface area contributed by atoms with Gasteiger partial charge in [-0.3, -0.25) is 0 Å². The lowest BCUT2D eigenvalue weighted by molar-refractivity contribution is 0.463. The summed E-state index contributed by atoms with van der Waals surface area (Å²) >= 11 is 6.11. The molecule has 1 aromatic carbocycles. The SMILES string of the molecule is CC1C(N)NNC1c1ccccc1Cl.Cl. The number of hydrogen-bond donors (Lipinski definition) is 3. The standard InChI is InChI=1S/C10H14ClN3.ClH/c1-6-9(13-14-10(6)12)7-4-2-3-5-8(7)11;/h2-6,9-10,13-14H,12H2,1H3;1H. The van der Waals surface area contributed by atoms with E-state index in [1.165, 1.54) is 0 Å². The van der Waals surface area contributed by atoms with Gasteiger partial charge in [0.05, 0.1) is 12.2 Å². The van der Waals surface area contributed by atoms with E-state index in [1.54, 1.807) is 0 Å². The van der Waals surface area contributed by atoms with Gasteiger partial charge in [0.1, 0.15) is 0 Å². The second kappa shape index (κ2) is 5.14. The largest absolute Gasteiger partial charge is 0.315 e. The van der Waals surface area contributed by atoms with Gasteiger partial charge < -0.3 is 5.73 Å². The van der Waals surface area contributed by atoms with Crippen LogP contribution in [0.5, 0.6) is 0 Å². The van der Waals surface area contributed by atoms with E-state index in [2.05, 4.69) is 17.8 Å². The molecule has 1 aliphatic heterocycles. The van der Waals surface area contributed by atoms with Gasteiger partial charge in [-0.2, -0.15) is 0 Å². The van der Waals surface area contributed by atoms with Crippen molar-refractivity contribution in [2.45, 2.75) is 19.1 Å². The van der Waals surface area contributed by atoms with E-state index in [1.807, 2.05) is 24.3 Å². The fraction of sp³-hybridized carbons (Fsp3) is 0.400. The highest BCUT2D eigenvalue weighted by molar-refractivity contribution is 6.31. The predicted octanol–water partition coefficient (Wildman–Crippen LogP) is 1.83. The van der Waals surface area contributed by atoms with Crippen molar-refractivity contribution in [3.63, 3.8) is 0 Å². The summed E-state index contributed by atoms with van der Waals surface area (Å²) in [6, 6.07) is 8.03. The van der Waals surface area contributed by atoms with Crippen molar-refractivity contribution < 1.29 is 0 Å². The topological polar surface area (TPSA) is 50.1 Å². The second-order valence-electron chi connectivity index (χ2n) is 3.67. The van der Waals surface area contributed by atoms with Crippen molar-refractivity contribution in [2.24, 2.45) is 11.7 Å². The van der Waals surface area contributed by atoms with Gasteiger partial charge in [-0.25, -0.2) is 10.9 Å². The summed E-state index contributed by atoms with van der Waals surface area (Å²) in [4.78, 5) is 0. The molecular formula is C10H15Cl2N3. The first-order chi connectivity index (χ1) is 6.70. The van der Waals surface area contributed by atoms with Gasteiger partial charge in [0.25, 0.3) is 0 Å². The third-order valence-electron chi connectivity index (χ3n) is 2.74. The molecule has 84 valence electrons. The Kier molecular flexibility index (Phi) is 4.37. The van der Waals surface area contributed by atoms with Crippen molar-refractivity contribution in [3.05, 3.63) is 34.9 Å². The van der Waals surface area contributed by atoms with Crippen LogP contribution < -0.4 is 16.6 Å². The van der Waals surface area contributed by atoms with Crippen LogP contribution in [0.3, 0.4) is 0 Å². The van der Waals surface area contributed by atoms with Crippen molar-refractivity contribution in [1.29, 1.82) is 0 Å². The zero-order chi connectivity index (χ0) is 10.1. The van der Waals surface area contributed by atoms with Gasteiger partial charge >= 0.3 is 0 Å². The molecular weight excluding hydrogens is 233 g/mol. The molecule has 0 aliphatic carbocycles. The molecule has 3 atom stereocenters. The number of nitrogens with one attached hydrogen (secondary N) is 2. The molecule has 1 fully saturated rings. The first kappa shape index (κ1) is 12.7. The molecule has 0 spiro atoms. The maximum absolute atomic E-state index is 6.11. The molecule has 0 bridgehead atoms. The maximum Gasteiger partial charge on any atom is 0.0724 e. The van der Waals surface area contributed by atoms with Crippen molar-refractivity contribution in [2.75, 3.05) is 0 Å². The highest BCUT2D eigenvalue weighted by atomic mass is 35.5. The Hall–Kier alpha value is -0.320. The van der Waals surface area contributed by atoms with E-state index in [-0.39, 0.29) is 24.6 Å². The minimum Gasteiger partial charge on any atom is -0.315 e. The highest BCUT2D eigenvalue weighted by Crippen LogP contribution is 2.30. The Balaban J connectivity index is 0.00000112. The maximum atomic E-state index is 6.11. The number of hydrazine groups is 1. The Morgan fingerprint density at radius 1 is 1.27 bits per heavy atom. The molecule has 1 aliphatic rings. The van der Waals surface area contributed by atoms with Crippen LogP contribution in [0.15, 0.2) is 24.3 Å². The monoisotopic (exact) mass is 247 g/mol. The summed E-state index contributed by atoms with van der Waals surface area (Å²) in [6.07, 6.45) is -0.0173. The van der Waals surface area contributed by atoms with E-state index in [4.69, 9.17) is 17.3 Å². The fourth-order valence-electron chi connectivity index (χ4n) is 1.74. The van der Waals surface area contributed by atoms with E-state index in [0.717, 1.165) is 10.6 Å². The number of hydrogen-bond acceptors (Lipinski definition) is 3. The number of halogens is 2. The molecule has 0 amide bonds. The lowest BCUT2D eigenvalue weighted by Gasteiger charge is -2.17. The predicted molar refractivity (Wildman–Crippen MR) is 64.9 cm³/mol. The van der Waals surface area contributed by atoms with Crippen LogP contribution in [0.2, 0.25) is 5.02 Å². The van der Waals surface area contributed by atoms with E-state index >= 15 is 0 Å². The molecule has 0 radical (unpaired) electrons. The zero-order valence-electron chi connectivity index (χ0n) is 8.41. The fourth-order valence-corrected chi connectivity index (χ4v) is 2.00. The Morgan fingerprint density at radius 3 is 2.47 bits per heavy atom. The quantitative estimate of drug-likeness (QED) is 0.710. The number of rotatable bonds is 1. The van der Waals surface area contributed by atoms with Crippen LogP contribution in [-0.4, -0.2) is 6.17 Å². The molecule has 2 rings (SSSR count). The van der Waals surface area contributed by atoms with Crippen LogP contribution >= 0.6 is 24.0 Å². The van der Waals surface area contributed by atoms with Gasteiger partial charge in [-0.05, 0) is 11.6 Å². The lowest BCUT2D eigenvalue weighted by atomic mass is 9.95. The third kappa shape index (κ3) is 2.44. The Bertz CT molecular complexity index is 332. The van der Waals surface area contributed by atoms with Crippen LogP contribution in [-0.2, 0) is 0 Å². The van der Waals surface area contributed by atoms with Gasteiger partial charge in [-0.1, -0.05) is 36.7 Å². The average Bonchev–Trinajstić information content (AvgIpc) is 2.49. The average molecular weight is 248 g/mol. The molecule has 3 nitrogen and oxygen atoms in total. The molecule has 0 saturated carbocycles. The molecule has 1 aromatic rings. The minimum absolute atomic E-state index is 0. The molecule has 4 N–H and O–H groups in total. The Labute approximate surface area is 101 Å². The van der Waals surface area contributed by atoms with E-state index < -0.39 is 0 Å². The number of benzene rings is 1. The van der Waals surface area contributed by atoms with Crippen LogP contribution in [0, 0.1) is 5.92 Å². The van der Waals surface area contributed by atoms with Gasteiger partial charge in [0, 0.05) is 10.9 Å². The van der Waals surface area contributed by atoms with Crippen LogP contribution in [0.1, 0.15) is 18.5 Å². The highest BCUT2D eigenvalue weighted by Gasteiger charge is 2.31. The molecule has 15 heavy (non-hydrogen) atoms. The van der Waals surface area contributed by atoms with Gasteiger partial charge in [-0.15, -0.1) is 12.4 Å². The third-order valence-corrected chi connectivity index (χ3v) is 3.08. The summed E-state index contributed by atoms with van der Waals surface area (Å²) < 4.78 is 0. The summed E-state index contributed by atoms with van der Waals surface area (Å²) in [5, 5.41) is 0.785. The van der Waals surface area contributed by atoms with Gasteiger partial charge in [0.2, 0.25) is 0 Å². The normalized spacial score (nSPS) is 29.9. The molecule has 0 aromatic heterocycles. The molecule has 5 heteroatoms. The van der Waals surface area contributed by atoms with Crippen molar-refractivity contribution in [1.82, 2.24) is 10.9 Å². The number of nitrogens with two attached hydrogens (primary N) is 1. The van der Waals surface area contributed by atoms with E-state index in [9.17, 15) is 0 Å². The molecule has 1 heterocycles. The van der Waals surface area contributed by atoms with Crippen LogP contribution in [0.4, 0.5) is 0 Å². The minimum atomic E-state index is -0.0173. The first-order valence-corrected chi connectivity index (χ1v) is 5.09. The summed E-state index contributed by atoms with van der Waals surface area (Å²) in [5.41, 5.74) is 13.1. The van der Waals surface area contributed by atoms with Crippen molar-refractivity contribution >= 4 is 24.0 Å². The molecule has 1 saturated heterocycles. The second-order valence-corrected chi connectivity index (χ2v) is 4.08.